The maximum Gasteiger partial charge on any atom is 0.328 e. The minimum Gasteiger partial charge on any atom is -0.467 e. The summed E-state index contributed by atoms with van der Waals surface area (Å²) in [5.74, 6) is -1.49. The van der Waals surface area contributed by atoms with Gasteiger partial charge in [-0.1, -0.05) is 37.3 Å². The van der Waals surface area contributed by atoms with Gasteiger partial charge in [0.1, 0.15) is 24.2 Å². The number of carbonyl (C=O) groups excluding carboxylic acids is 6. The molecule has 8 atom stereocenters. The van der Waals surface area contributed by atoms with Crippen LogP contribution in [-0.2, 0) is 44.7 Å². The van der Waals surface area contributed by atoms with E-state index in [-0.39, 0.29) is 34.4 Å². The maximum absolute atomic E-state index is 14.0. The molecule has 4 aliphatic heterocycles. The number of nitrogens with one attached hydrogen (secondary N) is 2. The molecular weight excluding hydrogens is 693 g/mol. The van der Waals surface area contributed by atoms with E-state index in [1.54, 1.807) is 33.3 Å². The minimum absolute atomic E-state index is 0.123. The standard InChI is InChI=1S/C37H52N4O8S2/c1-4-24(32(42)38-26-18-20-50-30-14-8-12-28(36(46)48-2)40(30)34(26)44)16-17-25(22-23-10-6-5-7-11-23)33(43)39-27-19-21-51-31-15-9-13-29(37(47)49-3)41(31)35(27)45/h5-7,10-11,24-31H,4,8-9,12-22H2,1-3H3,(H,38,42)(H,39,43)/t24-,25+,26-,27-,28-,29-,30-,31?/m0/s1. The molecule has 0 bridgehead atoms. The Morgan fingerprint density at radius 2 is 1.20 bits per heavy atom. The molecule has 0 aliphatic carbocycles. The summed E-state index contributed by atoms with van der Waals surface area (Å²) < 4.78 is 10.0. The Morgan fingerprint density at radius 3 is 1.67 bits per heavy atom. The molecule has 2 N–H and O–H groups in total. The zero-order valence-electron chi connectivity index (χ0n) is 29.9. The van der Waals surface area contributed by atoms with Crippen LogP contribution in [-0.4, -0.2) is 106 Å². The molecule has 0 spiro atoms. The van der Waals surface area contributed by atoms with Gasteiger partial charge in [-0.05, 0) is 94.1 Å². The molecule has 0 radical (unpaired) electrons. The van der Waals surface area contributed by atoms with E-state index in [1.807, 2.05) is 37.3 Å². The minimum atomic E-state index is -0.768. The molecule has 4 fully saturated rings. The fourth-order valence-electron chi connectivity index (χ4n) is 7.83. The van der Waals surface area contributed by atoms with Gasteiger partial charge in [-0.15, -0.1) is 23.5 Å². The summed E-state index contributed by atoms with van der Waals surface area (Å²) in [6.07, 6.45) is 6.98. The number of fused-ring (bicyclic) bond motifs is 2. The summed E-state index contributed by atoms with van der Waals surface area (Å²) in [5, 5.41) is 5.80. The van der Waals surface area contributed by atoms with E-state index in [0.717, 1.165) is 31.2 Å². The van der Waals surface area contributed by atoms with Gasteiger partial charge in [-0.2, -0.15) is 0 Å². The Hall–Kier alpha value is -3.26. The summed E-state index contributed by atoms with van der Waals surface area (Å²) >= 11 is 3.28. The number of hydrogen-bond donors (Lipinski definition) is 2. The lowest BCUT2D eigenvalue weighted by Crippen LogP contribution is -2.58. The highest BCUT2D eigenvalue weighted by atomic mass is 32.2. The summed E-state index contributed by atoms with van der Waals surface area (Å²) in [7, 11) is 2.66. The van der Waals surface area contributed by atoms with Crippen LogP contribution in [0.25, 0.3) is 0 Å². The zero-order chi connectivity index (χ0) is 36.5. The van der Waals surface area contributed by atoms with Crippen molar-refractivity contribution >= 4 is 59.1 Å². The third-order valence-electron chi connectivity index (χ3n) is 10.7. The van der Waals surface area contributed by atoms with Crippen LogP contribution in [0.15, 0.2) is 30.3 Å². The van der Waals surface area contributed by atoms with Crippen LogP contribution in [0, 0.1) is 11.8 Å². The number of esters is 2. The number of methoxy groups -OCH3 is 2. The average Bonchev–Trinajstić information content (AvgIpc) is 3.41. The number of amides is 4. The molecule has 14 heteroatoms. The molecule has 4 aliphatic rings. The lowest BCUT2D eigenvalue weighted by molar-refractivity contribution is -0.156. The van der Waals surface area contributed by atoms with E-state index in [9.17, 15) is 28.8 Å². The van der Waals surface area contributed by atoms with Crippen LogP contribution in [0.3, 0.4) is 0 Å². The van der Waals surface area contributed by atoms with E-state index in [4.69, 9.17) is 9.47 Å². The number of carbonyl (C=O) groups is 6. The number of thioether (sulfide) groups is 2. The predicted octanol–water partition coefficient (Wildman–Crippen LogP) is 3.66. The normalized spacial score (nSPS) is 27.8. The fraction of sp³-hybridized carbons (Fsp3) is 0.676. The number of piperidine rings is 2. The van der Waals surface area contributed by atoms with Gasteiger partial charge in [0.25, 0.3) is 0 Å². The third-order valence-corrected chi connectivity index (χ3v) is 13.3. The van der Waals surface area contributed by atoms with Gasteiger partial charge in [0.05, 0.1) is 25.0 Å². The van der Waals surface area contributed by atoms with Crippen molar-refractivity contribution < 1.29 is 38.2 Å². The highest BCUT2D eigenvalue weighted by Gasteiger charge is 2.45. The molecule has 4 heterocycles. The molecule has 4 saturated heterocycles. The number of benzene rings is 1. The third kappa shape index (κ3) is 9.40. The molecule has 5 rings (SSSR count). The second kappa shape index (κ2) is 18.5. The average molecular weight is 745 g/mol. The van der Waals surface area contributed by atoms with Crippen molar-refractivity contribution in [3.8, 4) is 0 Å². The van der Waals surface area contributed by atoms with E-state index in [1.165, 1.54) is 14.2 Å². The van der Waals surface area contributed by atoms with Gasteiger partial charge in [-0.25, -0.2) is 9.59 Å². The molecule has 0 aromatic heterocycles. The van der Waals surface area contributed by atoms with Crippen molar-refractivity contribution in [1.29, 1.82) is 0 Å². The first-order valence-electron chi connectivity index (χ1n) is 18.3. The van der Waals surface area contributed by atoms with E-state index < -0.39 is 47.9 Å². The van der Waals surface area contributed by atoms with Crippen molar-refractivity contribution in [2.75, 3.05) is 25.7 Å². The van der Waals surface area contributed by atoms with Crippen LogP contribution < -0.4 is 10.6 Å². The smallest absolute Gasteiger partial charge is 0.328 e. The zero-order valence-corrected chi connectivity index (χ0v) is 31.5. The monoisotopic (exact) mass is 744 g/mol. The van der Waals surface area contributed by atoms with Crippen LogP contribution in [0.2, 0.25) is 0 Å². The lowest BCUT2D eigenvalue weighted by Gasteiger charge is -2.40. The molecule has 51 heavy (non-hydrogen) atoms. The molecule has 1 unspecified atom stereocenters. The number of hydrogen-bond acceptors (Lipinski definition) is 10. The summed E-state index contributed by atoms with van der Waals surface area (Å²) in [6.45, 7) is 1.92. The highest BCUT2D eigenvalue weighted by molar-refractivity contribution is 8.00. The molecule has 1 aromatic carbocycles. The predicted molar refractivity (Wildman–Crippen MR) is 195 cm³/mol. The Bertz CT molecular complexity index is 1420. The number of ether oxygens (including phenoxy) is 2. The SMILES string of the molecule is CC[C@@H](CC[C@H](Cc1ccccc1)C(=O)N[C@H]1CCSC2CCC[C@@H](C(=O)OC)N2C1=O)C(=O)N[C@H]1CCS[C@H]2CCC[C@@H](C(=O)OC)N2C1=O. The fourth-order valence-corrected chi connectivity index (χ4v) is 10.6. The van der Waals surface area contributed by atoms with Gasteiger partial charge in [-0.3, -0.25) is 19.2 Å². The highest BCUT2D eigenvalue weighted by Crippen LogP contribution is 2.36. The molecular formula is C37H52N4O8S2. The Kier molecular flexibility index (Phi) is 14.1. The summed E-state index contributed by atoms with van der Waals surface area (Å²) in [6, 6.07) is 6.84. The lowest BCUT2D eigenvalue weighted by atomic mass is 9.88. The topological polar surface area (TPSA) is 151 Å². The van der Waals surface area contributed by atoms with Crippen molar-refractivity contribution in [3.63, 3.8) is 0 Å². The second-order valence-corrected chi connectivity index (χ2v) is 16.4. The maximum atomic E-state index is 14.0. The number of nitrogens with zero attached hydrogens (tertiary/aromatic N) is 2. The van der Waals surface area contributed by atoms with E-state index >= 15 is 0 Å². The Balaban J connectivity index is 1.26. The molecule has 4 amide bonds. The van der Waals surface area contributed by atoms with Crippen LogP contribution in [0.5, 0.6) is 0 Å². The van der Waals surface area contributed by atoms with Crippen molar-refractivity contribution in [2.45, 2.75) is 119 Å². The first-order valence-corrected chi connectivity index (χ1v) is 20.4. The van der Waals surface area contributed by atoms with Crippen LogP contribution in [0.4, 0.5) is 0 Å². The van der Waals surface area contributed by atoms with Gasteiger partial charge < -0.3 is 29.9 Å². The van der Waals surface area contributed by atoms with Crippen molar-refractivity contribution in [2.24, 2.45) is 11.8 Å². The second-order valence-electron chi connectivity index (χ2n) is 13.9. The Morgan fingerprint density at radius 1 is 0.725 bits per heavy atom. The van der Waals surface area contributed by atoms with Gasteiger partial charge in [0.15, 0.2) is 0 Å². The molecule has 280 valence electrons. The van der Waals surface area contributed by atoms with E-state index in [0.29, 0.717) is 62.9 Å². The van der Waals surface area contributed by atoms with Crippen LogP contribution in [0.1, 0.15) is 83.1 Å². The van der Waals surface area contributed by atoms with Crippen molar-refractivity contribution in [1.82, 2.24) is 20.4 Å². The molecule has 1 aromatic rings. The van der Waals surface area contributed by atoms with Crippen molar-refractivity contribution in [3.05, 3.63) is 35.9 Å². The largest absolute Gasteiger partial charge is 0.467 e. The summed E-state index contributed by atoms with van der Waals surface area (Å²) in [4.78, 5) is 84.0. The van der Waals surface area contributed by atoms with Gasteiger partial charge >= 0.3 is 11.9 Å². The van der Waals surface area contributed by atoms with Crippen LogP contribution >= 0.6 is 23.5 Å². The summed E-state index contributed by atoms with van der Waals surface area (Å²) in [5.41, 5.74) is 0.970. The van der Waals surface area contributed by atoms with Gasteiger partial charge in [0.2, 0.25) is 23.6 Å². The first-order chi connectivity index (χ1) is 24.7. The van der Waals surface area contributed by atoms with Gasteiger partial charge in [0, 0.05) is 11.8 Å². The Labute approximate surface area is 309 Å². The number of rotatable bonds is 12. The molecule has 0 saturated carbocycles. The van der Waals surface area contributed by atoms with E-state index in [2.05, 4.69) is 10.6 Å². The first kappa shape index (κ1) is 39.0. The quantitative estimate of drug-likeness (QED) is 0.304. The molecule has 12 nitrogen and oxygen atoms in total.